The molecule has 2 aromatic rings. The van der Waals surface area contributed by atoms with Gasteiger partial charge in [-0.25, -0.2) is 4.79 Å². The van der Waals surface area contributed by atoms with Crippen molar-refractivity contribution in [3.63, 3.8) is 0 Å². The zero-order chi connectivity index (χ0) is 18.7. The van der Waals surface area contributed by atoms with E-state index in [1.165, 1.54) is 13.0 Å². The van der Waals surface area contributed by atoms with E-state index in [9.17, 15) is 19.2 Å². The van der Waals surface area contributed by atoms with Gasteiger partial charge >= 0.3 is 5.97 Å². The second kappa shape index (κ2) is 7.18. The van der Waals surface area contributed by atoms with E-state index in [0.717, 1.165) is 4.90 Å². The minimum atomic E-state index is -0.603. The molecule has 0 spiro atoms. The van der Waals surface area contributed by atoms with E-state index < -0.39 is 17.8 Å². The Hall–Kier alpha value is -3.48. The predicted molar refractivity (Wildman–Crippen MR) is 92.8 cm³/mol. The first kappa shape index (κ1) is 17.3. The number of nitrogens with zero attached hydrogens (tertiary/aromatic N) is 1. The quantitative estimate of drug-likeness (QED) is 0.657. The summed E-state index contributed by atoms with van der Waals surface area (Å²) in [7, 11) is 0. The van der Waals surface area contributed by atoms with Gasteiger partial charge in [0.15, 0.2) is 0 Å². The average molecular weight is 352 g/mol. The van der Waals surface area contributed by atoms with Gasteiger partial charge in [0.25, 0.3) is 11.8 Å². The second-order valence-corrected chi connectivity index (χ2v) is 5.71. The van der Waals surface area contributed by atoms with Crippen molar-refractivity contribution >= 4 is 29.4 Å². The third-order valence-corrected chi connectivity index (χ3v) is 3.84. The molecule has 1 heterocycles. The smallest absolute Gasteiger partial charge is 0.338 e. The Morgan fingerprint density at radius 2 is 1.65 bits per heavy atom. The summed E-state index contributed by atoms with van der Waals surface area (Å²) in [6, 6.07) is 12.9. The van der Waals surface area contributed by atoms with Crippen LogP contribution in [0.5, 0.6) is 0 Å². The molecule has 1 N–H and O–H groups in total. The summed E-state index contributed by atoms with van der Waals surface area (Å²) < 4.78 is 5.15. The molecular weight excluding hydrogens is 336 g/mol. The molecule has 0 saturated heterocycles. The number of rotatable bonds is 5. The van der Waals surface area contributed by atoms with Crippen LogP contribution in [0.4, 0.5) is 5.69 Å². The zero-order valence-electron chi connectivity index (χ0n) is 14.0. The number of carbonyl (C=O) groups is 4. The van der Waals surface area contributed by atoms with Crippen molar-refractivity contribution in [2.24, 2.45) is 0 Å². The lowest BCUT2D eigenvalue weighted by atomic mass is 10.1. The Kier molecular flexibility index (Phi) is 4.79. The maximum absolute atomic E-state index is 12.2. The normalized spacial score (nSPS) is 12.7. The number of ether oxygens (including phenoxy) is 1. The van der Waals surface area contributed by atoms with Crippen molar-refractivity contribution < 1.29 is 23.9 Å². The third kappa shape index (κ3) is 3.46. The number of fused-ring (bicyclic) bond motifs is 1. The molecule has 0 unspecified atom stereocenters. The Morgan fingerprint density at radius 3 is 2.27 bits per heavy atom. The van der Waals surface area contributed by atoms with Crippen LogP contribution in [0.25, 0.3) is 0 Å². The van der Waals surface area contributed by atoms with E-state index in [2.05, 4.69) is 5.32 Å². The van der Waals surface area contributed by atoms with Crippen molar-refractivity contribution in [2.75, 3.05) is 18.5 Å². The van der Waals surface area contributed by atoms with Crippen LogP contribution in [0.1, 0.15) is 38.0 Å². The molecule has 0 fully saturated rings. The summed E-state index contributed by atoms with van der Waals surface area (Å²) in [5.74, 6) is -1.64. The van der Waals surface area contributed by atoms with Gasteiger partial charge in [-0.3, -0.25) is 19.3 Å². The van der Waals surface area contributed by atoms with Crippen molar-refractivity contribution in [2.45, 2.75) is 6.92 Å². The fraction of sp³-hybridized carbons (Fsp3) is 0.158. The molecule has 0 saturated carbocycles. The maximum atomic E-state index is 12.2. The van der Waals surface area contributed by atoms with Crippen molar-refractivity contribution in [3.8, 4) is 0 Å². The fourth-order valence-electron chi connectivity index (χ4n) is 2.68. The molecule has 3 amide bonds. The number of esters is 1. The maximum Gasteiger partial charge on any atom is 0.338 e. The first-order chi connectivity index (χ1) is 12.5. The van der Waals surface area contributed by atoms with E-state index in [-0.39, 0.29) is 24.6 Å². The van der Waals surface area contributed by atoms with Gasteiger partial charge in [-0.1, -0.05) is 18.2 Å². The molecule has 2 aromatic carbocycles. The van der Waals surface area contributed by atoms with Gasteiger partial charge in [0.05, 0.1) is 23.2 Å². The molecule has 132 valence electrons. The number of anilines is 1. The standard InChI is InChI=1S/C19H16N2O5/c1-12(22)20-14-6-4-5-13(11-14)19(25)26-10-9-21-17(23)15-7-2-3-8-16(15)18(21)24/h2-8,11H,9-10H2,1H3,(H,20,22). The van der Waals surface area contributed by atoms with E-state index in [4.69, 9.17) is 4.74 Å². The molecule has 7 heteroatoms. The summed E-state index contributed by atoms with van der Waals surface area (Å²) in [5, 5.41) is 2.58. The van der Waals surface area contributed by atoms with Gasteiger partial charge in [0.2, 0.25) is 5.91 Å². The number of nitrogens with one attached hydrogen (secondary N) is 1. The Morgan fingerprint density at radius 1 is 1.00 bits per heavy atom. The number of imide groups is 1. The second-order valence-electron chi connectivity index (χ2n) is 5.71. The number of carbonyl (C=O) groups excluding carboxylic acids is 4. The highest BCUT2D eigenvalue weighted by atomic mass is 16.5. The number of amides is 3. The van der Waals surface area contributed by atoms with Crippen LogP contribution in [0.15, 0.2) is 48.5 Å². The number of hydrogen-bond donors (Lipinski definition) is 1. The van der Waals surface area contributed by atoms with Crippen LogP contribution in [0, 0.1) is 0 Å². The minimum Gasteiger partial charge on any atom is -0.460 e. The lowest BCUT2D eigenvalue weighted by Gasteiger charge is -2.14. The van der Waals surface area contributed by atoms with Gasteiger partial charge in [0, 0.05) is 12.6 Å². The molecular formula is C19H16N2O5. The lowest BCUT2D eigenvalue weighted by molar-refractivity contribution is -0.114. The fourth-order valence-corrected chi connectivity index (χ4v) is 2.68. The molecule has 7 nitrogen and oxygen atoms in total. The molecule has 0 radical (unpaired) electrons. The van der Waals surface area contributed by atoms with Crippen molar-refractivity contribution in [1.29, 1.82) is 0 Å². The summed E-state index contributed by atoms with van der Waals surface area (Å²) in [5.41, 5.74) is 1.45. The molecule has 1 aliphatic rings. The van der Waals surface area contributed by atoms with Crippen LogP contribution in [0.2, 0.25) is 0 Å². The van der Waals surface area contributed by atoms with E-state index >= 15 is 0 Å². The topological polar surface area (TPSA) is 92.8 Å². The van der Waals surface area contributed by atoms with E-state index in [0.29, 0.717) is 16.8 Å². The Labute approximate surface area is 149 Å². The highest BCUT2D eigenvalue weighted by molar-refractivity contribution is 6.21. The summed E-state index contributed by atoms with van der Waals surface area (Å²) in [6.45, 7) is 1.23. The van der Waals surface area contributed by atoms with Crippen molar-refractivity contribution in [3.05, 3.63) is 65.2 Å². The van der Waals surface area contributed by atoms with Crippen LogP contribution < -0.4 is 5.32 Å². The third-order valence-electron chi connectivity index (χ3n) is 3.84. The van der Waals surface area contributed by atoms with Gasteiger partial charge < -0.3 is 10.1 Å². The average Bonchev–Trinajstić information content (AvgIpc) is 2.86. The summed E-state index contributed by atoms with van der Waals surface area (Å²) in [4.78, 5) is 48.7. The summed E-state index contributed by atoms with van der Waals surface area (Å²) >= 11 is 0. The first-order valence-electron chi connectivity index (χ1n) is 7.97. The highest BCUT2D eigenvalue weighted by Crippen LogP contribution is 2.22. The molecule has 0 aliphatic carbocycles. The highest BCUT2D eigenvalue weighted by Gasteiger charge is 2.34. The SMILES string of the molecule is CC(=O)Nc1cccc(C(=O)OCCN2C(=O)c3ccccc3C2=O)c1. The molecule has 0 aromatic heterocycles. The molecule has 1 aliphatic heterocycles. The van der Waals surface area contributed by atoms with Gasteiger partial charge in [-0.15, -0.1) is 0 Å². The van der Waals surface area contributed by atoms with Gasteiger partial charge in [0.1, 0.15) is 6.61 Å². The van der Waals surface area contributed by atoms with Crippen LogP contribution in [0.3, 0.4) is 0 Å². The predicted octanol–water partition coefficient (Wildman–Crippen LogP) is 2.10. The first-order valence-corrected chi connectivity index (χ1v) is 7.97. The molecule has 3 rings (SSSR count). The molecule has 0 atom stereocenters. The minimum absolute atomic E-state index is 0.0243. The van der Waals surface area contributed by atoms with Crippen LogP contribution in [-0.2, 0) is 9.53 Å². The number of benzene rings is 2. The van der Waals surface area contributed by atoms with Crippen LogP contribution in [-0.4, -0.2) is 41.7 Å². The van der Waals surface area contributed by atoms with E-state index in [1.807, 2.05) is 0 Å². The molecule has 0 bridgehead atoms. The monoisotopic (exact) mass is 352 g/mol. The molecule has 26 heavy (non-hydrogen) atoms. The Bertz CT molecular complexity index is 871. The van der Waals surface area contributed by atoms with E-state index in [1.54, 1.807) is 42.5 Å². The summed E-state index contributed by atoms with van der Waals surface area (Å²) in [6.07, 6.45) is 0. The Balaban J connectivity index is 1.59. The van der Waals surface area contributed by atoms with Gasteiger partial charge in [-0.2, -0.15) is 0 Å². The van der Waals surface area contributed by atoms with Gasteiger partial charge in [-0.05, 0) is 30.3 Å². The largest absolute Gasteiger partial charge is 0.460 e. The van der Waals surface area contributed by atoms with Crippen molar-refractivity contribution in [1.82, 2.24) is 4.90 Å². The zero-order valence-corrected chi connectivity index (χ0v) is 14.0. The lowest BCUT2D eigenvalue weighted by Crippen LogP contribution is -2.33. The van der Waals surface area contributed by atoms with Crippen LogP contribution >= 0.6 is 0 Å². The number of hydrogen-bond acceptors (Lipinski definition) is 5.